The van der Waals surface area contributed by atoms with Gasteiger partial charge in [0.2, 0.25) is 0 Å². The molecule has 4 rings (SSSR count). The second-order valence-corrected chi connectivity index (χ2v) is 6.90. The van der Waals surface area contributed by atoms with Crippen LogP contribution in [0.2, 0.25) is 5.02 Å². The highest BCUT2D eigenvalue weighted by molar-refractivity contribution is 6.31. The summed E-state index contributed by atoms with van der Waals surface area (Å²) in [7, 11) is 0. The predicted molar refractivity (Wildman–Crippen MR) is 103 cm³/mol. The first-order valence-corrected chi connectivity index (χ1v) is 8.91. The Hall–Kier alpha value is -2.57. The van der Waals surface area contributed by atoms with Gasteiger partial charge in [-0.05, 0) is 30.3 Å². The third-order valence-electron chi connectivity index (χ3n) is 4.67. The van der Waals surface area contributed by atoms with Gasteiger partial charge in [-0.2, -0.15) is 4.98 Å². The first kappa shape index (κ1) is 16.9. The van der Waals surface area contributed by atoms with Crippen molar-refractivity contribution >= 4 is 28.2 Å². The molecule has 7 heteroatoms. The van der Waals surface area contributed by atoms with E-state index in [9.17, 15) is 9.90 Å². The molecule has 134 valence electrons. The third kappa shape index (κ3) is 3.52. The van der Waals surface area contributed by atoms with E-state index in [1.807, 2.05) is 18.2 Å². The molecular formula is C19H19ClN4O2. The summed E-state index contributed by atoms with van der Waals surface area (Å²) in [6.07, 6.45) is 0. The molecule has 0 aliphatic carbocycles. The highest BCUT2D eigenvalue weighted by Crippen LogP contribution is 2.21. The van der Waals surface area contributed by atoms with Gasteiger partial charge in [-0.1, -0.05) is 17.7 Å². The summed E-state index contributed by atoms with van der Waals surface area (Å²) in [6.45, 7) is 4.03. The number of aromatic hydroxyl groups is 1. The molecule has 0 saturated carbocycles. The first-order chi connectivity index (χ1) is 12.6. The molecule has 0 unspecified atom stereocenters. The van der Waals surface area contributed by atoms with Crippen LogP contribution >= 0.6 is 11.6 Å². The first-order valence-electron chi connectivity index (χ1n) is 8.53. The second-order valence-electron chi connectivity index (χ2n) is 6.46. The minimum atomic E-state index is -0.255. The lowest BCUT2D eigenvalue weighted by molar-refractivity contribution is 0.244. The molecule has 3 aromatic rings. The lowest BCUT2D eigenvalue weighted by atomic mass is 10.2. The van der Waals surface area contributed by atoms with Crippen molar-refractivity contribution in [2.24, 2.45) is 0 Å². The lowest BCUT2D eigenvalue weighted by Crippen LogP contribution is -2.46. The molecule has 0 amide bonds. The third-order valence-corrected chi connectivity index (χ3v) is 4.90. The van der Waals surface area contributed by atoms with Gasteiger partial charge in [0, 0.05) is 43.0 Å². The van der Waals surface area contributed by atoms with E-state index >= 15 is 0 Å². The molecule has 1 aliphatic heterocycles. The Kier molecular flexibility index (Phi) is 4.53. The summed E-state index contributed by atoms with van der Waals surface area (Å²) in [5.74, 6) is 0.943. The van der Waals surface area contributed by atoms with Crippen molar-refractivity contribution < 1.29 is 5.11 Å². The number of benzene rings is 2. The van der Waals surface area contributed by atoms with Crippen molar-refractivity contribution in [1.29, 1.82) is 0 Å². The highest BCUT2D eigenvalue weighted by atomic mass is 35.5. The van der Waals surface area contributed by atoms with Crippen LogP contribution in [0.5, 0.6) is 5.75 Å². The van der Waals surface area contributed by atoms with Gasteiger partial charge in [0.25, 0.3) is 5.56 Å². The largest absolute Gasteiger partial charge is 0.508 e. The zero-order valence-electron chi connectivity index (χ0n) is 14.2. The van der Waals surface area contributed by atoms with Crippen molar-refractivity contribution in [2.75, 3.05) is 31.1 Å². The van der Waals surface area contributed by atoms with Crippen LogP contribution in [0.4, 0.5) is 5.69 Å². The van der Waals surface area contributed by atoms with Crippen molar-refractivity contribution in [2.45, 2.75) is 6.54 Å². The van der Waals surface area contributed by atoms with Crippen LogP contribution in [0, 0.1) is 0 Å². The Morgan fingerprint density at radius 1 is 1.12 bits per heavy atom. The molecular weight excluding hydrogens is 352 g/mol. The van der Waals surface area contributed by atoms with Crippen molar-refractivity contribution in [3.05, 3.63) is 63.7 Å². The van der Waals surface area contributed by atoms with E-state index in [1.165, 1.54) is 0 Å². The number of anilines is 1. The average Bonchev–Trinajstić information content (AvgIpc) is 2.63. The maximum Gasteiger partial charge on any atom is 0.280 e. The number of nitrogens with one attached hydrogen (secondary N) is 1. The minimum Gasteiger partial charge on any atom is -0.508 e. The number of aromatic amines is 1. The molecule has 1 saturated heterocycles. The number of aromatic nitrogens is 2. The van der Waals surface area contributed by atoms with Crippen LogP contribution in [0.3, 0.4) is 0 Å². The quantitative estimate of drug-likeness (QED) is 0.741. The van der Waals surface area contributed by atoms with Crippen molar-refractivity contribution in [3.63, 3.8) is 0 Å². The fourth-order valence-corrected chi connectivity index (χ4v) is 3.48. The van der Waals surface area contributed by atoms with E-state index < -0.39 is 0 Å². The molecule has 26 heavy (non-hydrogen) atoms. The van der Waals surface area contributed by atoms with Gasteiger partial charge in [-0.15, -0.1) is 0 Å². The zero-order chi connectivity index (χ0) is 18.1. The summed E-state index contributed by atoms with van der Waals surface area (Å²) in [5.41, 5.74) is 1.52. The second kappa shape index (κ2) is 6.97. The van der Waals surface area contributed by atoms with Gasteiger partial charge in [-0.25, -0.2) is 0 Å². The lowest BCUT2D eigenvalue weighted by Gasteiger charge is -2.35. The molecule has 1 aromatic heterocycles. The van der Waals surface area contributed by atoms with Crippen molar-refractivity contribution in [1.82, 2.24) is 14.9 Å². The number of halogens is 1. The maximum absolute atomic E-state index is 12.2. The Balaban J connectivity index is 1.45. The van der Waals surface area contributed by atoms with E-state index in [0.29, 0.717) is 22.8 Å². The molecule has 2 aromatic carbocycles. The fourth-order valence-electron chi connectivity index (χ4n) is 3.31. The standard InChI is InChI=1S/C19H19ClN4O2/c20-13-4-5-17-16(10-13)19(26)22-18(21-17)12-23-6-8-24(9-7-23)14-2-1-3-15(25)11-14/h1-5,10-11,25H,6-9,12H2,(H,21,22,26). The normalized spacial score (nSPS) is 15.5. The number of nitrogens with zero attached hydrogens (tertiary/aromatic N) is 3. The smallest absolute Gasteiger partial charge is 0.280 e. The highest BCUT2D eigenvalue weighted by Gasteiger charge is 2.18. The van der Waals surface area contributed by atoms with Gasteiger partial charge in [-0.3, -0.25) is 9.69 Å². The predicted octanol–water partition coefficient (Wildman–Crippen LogP) is 2.60. The molecule has 6 nitrogen and oxygen atoms in total. The van der Waals surface area contributed by atoms with E-state index in [1.54, 1.807) is 24.3 Å². The van der Waals surface area contributed by atoms with Crippen LogP contribution in [0.15, 0.2) is 47.3 Å². The summed E-state index contributed by atoms with van der Waals surface area (Å²) >= 11 is 5.95. The Labute approximate surface area is 155 Å². The number of hydrogen-bond acceptors (Lipinski definition) is 5. The topological polar surface area (TPSA) is 72.5 Å². The van der Waals surface area contributed by atoms with Gasteiger partial charge < -0.3 is 15.0 Å². The molecule has 1 aliphatic rings. The summed E-state index contributed by atoms with van der Waals surface area (Å²) in [4.78, 5) is 24.1. The molecule has 0 radical (unpaired) electrons. The average molecular weight is 371 g/mol. The van der Waals surface area contributed by atoms with Crippen LogP contribution in [0.1, 0.15) is 5.82 Å². The van der Waals surface area contributed by atoms with E-state index in [0.717, 1.165) is 37.4 Å². The van der Waals surface area contributed by atoms with Crippen molar-refractivity contribution in [3.8, 4) is 5.75 Å². The van der Waals surface area contributed by atoms with Crippen LogP contribution < -0.4 is 10.5 Å². The van der Waals surface area contributed by atoms with Gasteiger partial charge in [0.05, 0.1) is 17.4 Å². The molecule has 1 fully saturated rings. The Bertz CT molecular complexity index is 996. The summed E-state index contributed by atoms with van der Waals surface area (Å²) < 4.78 is 0. The monoisotopic (exact) mass is 370 g/mol. The molecule has 2 heterocycles. The Morgan fingerprint density at radius 2 is 1.92 bits per heavy atom. The fraction of sp³-hybridized carbons (Fsp3) is 0.263. The van der Waals surface area contributed by atoms with E-state index in [2.05, 4.69) is 19.8 Å². The Morgan fingerprint density at radius 3 is 2.69 bits per heavy atom. The number of phenols is 1. The number of fused-ring (bicyclic) bond motifs is 1. The molecule has 0 spiro atoms. The van der Waals surface area contributed by atoms with E-state index in [-0.39, 0.29) is 11.3 Å². The summed E-state index contributed by atoms with van der Waals surface area (Å²) in [6, 6.07) is 12.5. The SMILES string of the molecule is O=c1nc(CN2CCN(c3cccc(O)c3)CC2)[nH]c2ccc(Cl)cc12. The van der Waals surface area contributed by atoms with Crippen LogP contribution in [0.25, 0.3) is 10.9 Å². The van der Waals surface area contributed by atoms with Gasteiger partial charge in [0.15, 0.2) is 0 Å². The van der Waals surface area contributed by atoms with Crippen LogP contribution in [-0.2, 0) is 6.54 Å². The molecule has 0 atom stereocenters. The summed E-state index contributed by atoms with van der Waals surface area (Å²) in [5, 5.41) is 10.7. The van der Waals surface area contributed by atoms with Crippen LogP contribution in [-0.4, -0.2) is 46.2 Å². The van der Waals surface area contributed by atoms with Gasteiger partial charge in [0.1, 0.15) is 11.6 Å². The number of H-pyrrole nitrogens is 1. The number of piperazine rings is 1. The van der Waals surface area contributed by atoms with Gasteiger partial charge >= 0.3 is 0 Å². The van der Waals surface area contributed by atoms with E-state index in [4.69, 9.17) is 11.6 Å². The number of rotatable bonds is 3. The minimum absolute atomic E-state index is 0.255. The molecule has 2 N–H and O–H groups in total. The molecule has 0 bridgehead atoms. The number of phenolic OH excluding ortho intramolecular Hbond substituents is 1. The zero-order valence-corrected chi connectivity index (χ0v) is 14.9. The number of hydrogen-bond donors (Lipinski definition) is 2. The maximum atomic E-state index is 12.2.